The van der Waals surface area contributed by atoms with Crippen molar-refractivity contribution in [3.05, 3.63) is 0 Å². The highest BCUT2D eigenvalue weighted by Gasteiger charge is 2.32. The van der Waals surface area contributed by atoms with Gasteiger partial charge < -0.3 is 0 Å². The van der Waals surface area contributed by atoms with Gasteiger partial charge >= 0.3 is 0 Å². The van der Waals surface area contributed by atoms with E-state index in [2.05, 4.69) is 3.63 Å². The van der Waals surface area contributed by atoms with Crippen LogP contribution in [0.25, 0.3) is 0 Å². The fraction of sp³-hybridized carbons (Fsp3) is 1.00. The average molecular weight is 523 g/mol. The summed E-state index contributed by atoms with van der Waals surface area (Å²) in [6.07, 6.45) is 8.80. The molecule has 0 N–H and O–H groups in total. The Morgan fingerprint density at radius 2 is 1.13 bits per heavy atom. The van der Waals surface area contributed by atoms with E-state index < -0.39 is 52.4 Å². The van der Waals surface area contributed by atoms with Crippen LogP contribution < -0.4 is 0 Å². The molecule has 1 atom stereocenters. The van der Waals surface area contributed by atoms with Gasteiger partial charge in [0, 0.05) is 0 Å². The highest BCUT2D eigenvalue weighted by Crippen LogP contribution is 2.26. The maximum absolute atomic E-state index is 12.1. The summed E-state index contributed by atoms with van der Waals surface area (Å²) >= 11 is -1.85. The smallest absolute Gasteiger partial charge is 0.228 e. The molecule has 0 aromatic rings. The molecule has 0 bridgehead atoms. The molecule has 0 heterocycles. The van der Waals surface area contributed by atoms with Crippen molar-refractivity contribution in [3.8, 4) is 0 Å². The van der Waals surface area contributed by atoms with Gasteiger partial charge in [0.25, 0.3) is 30.4 Å². The molecule has 0 amide bonds. The lowest BCUT2D eigenvalue weighted by atomic mass is 10.0. The molecule has 0 radical (unpaired) electrons. The molecule has 2 saturated carbocycles. The van der Waals surface area contributed by atoms with Gasteiger partial charge in [-0.2, -0.15) is 28.9 Å². The van der Waals surface area contributed by atoms with Crippen molar-refractivity contribution in [3.63, 3.8) is 0 Å². The van der Waals surface area contributed by atoms with Crippen LogP contribution in [-0.4, -0.2) is 51.5 Å². The first kappa shape index (κ1) is 27.2. The molecule has 13 heteroatoms. The van der Waals surface area contributed by atoms with Crippen LogP contribution in [0.2, 0.25) is 0 Å². The topological polar surface area (TPSA) is 138 Å². The molecule has 2 fully saturated rings. The summed E-state index contributed by atoms with van der Waals surface area (Å²) in [6, 6.07) is 0. The van der Waals surface area contributed by atoms with Crippen molar-refractivity contribution in [2.75, 3.05) is 11.5 Å². The zero-order valence-electron chi connectivity index (χ0n) is 17.8. The molecular formula is C18H34O9S4. The van der Waals surface area contributed by atoms with Gasteiger partial charge in [0.05, 0.1) is 22.0 Å². The Morgan fingerprint density at radius 3 is 1.68 bits per heavy atom. The number of rotatable bonds is 13. The molecule has 0 spiro atoms. The zero-order chi connectivity index (χ0) is 23.0. The molecule has 0 aromatic heterocycles. The third-order valence-corrected chi connectivity index (χ3v) is 12.5. The van der Waals surface area contributed by atoms with Crippen LogP contribution in [0.5, 0.6) is 0 Å². The van der Waals surface area contributed by atoms with Crippen LogP contribution in [-0.2, 0) is 48.7 Å². The van der Waals surface area contributed by atoms with Crippen LogP contribution in [0.3, 0.4) is 0 Å². The third-order valence-electron chi connectivity index (χ3n) is 5.69. The van der Waals surface area contributed by atoms with Crippen LogP contribution in [0.1, 0.15) is 89.9 Å². The van der Waals surface area contributed by atoms with Gasteiger partial charge in [0.2, 0.25) is 0 Å². The van der Waals surface area contributed by atoms with Crippen LogP contribution in [0, 0.1) is 0 Å². The Kier molecular flexibility index (Phi) is 10.9. The monoisotopic (exact) mass is 522 g/mol. The second kappa shape index (κ2) is 12.4. The fourth-order valence-electron chi connectivity index (χ4n) is 3.95. The molecule has 1 unspecified atom stereocenters. The first-order valence-corrected chi connectivity index (χ1v) is 16.8. The van der Waals surface area contributed by atoms with E-state index in [0.29, 0.717) is 38.5 Å². The van der Waals surface area contributed by atoms with E-state index >= 15 is 0 Å². The highest BCUT2D eigenvalue weighted by atomic mass is 32.3. The van der Waals surface area contributed by atoms with E-state index in [-0.39, 0.29) is 23.8 Å². The Balaban J connectivity index is 1.64. The Morgan fingerprint density at radius 1 is 0.645 bits per heavy atom. The molecule has 2 aliphatic carbocycles. The Bertz CT molecular complexity index is 882. The summed E-state index contributed by atoms with van der Waals surface area (Å²) in [5.74, 6) is -0.724. The van der Waals surface area contributed by atoms with E-state index in [0.717, 1.165) is 38.5 Å². The first-order valence-electron chi connectivity index (χ1n) is 11.0. The van der Waals surface area contributed by atoms with Crippen molar-refractivity contribution in [1.82, 2.24) is 0 Å². The fourth-order valence-corrected chi connectivity index (χ4v) is 10.1. The van der Waals surface area contributed by atoms with Gasteiger partial charge in [-0.1, -0.05) is 51.4 Å². The van der Waals surface area contributed by atoms with Crippen LogP contribution in [0.4, 0.5) is 0 Å². The van der Waals surface area contributed by atoms with E-state index in [9.17, 15) is 29.5 Å². The quantitative estimate of drug-likeness (QED) is 0.334. The van der Waals surface area contributed by atoms with Gasteiger partial charge in [-0.15, -0.1) is 3.63 Å². The lowest BCUT2D eigenvalue weighted by molar-refractivity contribution is 0.421. The number of hydrogen-bond acceptors (Lipinski definition) is 9. The van der Waals surface area contributed by atoms with E-state index in [1.807, 2.05) is 0 Å². The largest absolute Gasteiger partial charge is 0.284 e. The maximum atomic E-state index is 12.1. The van der Waals surface area contributed by atoms with Crippen LogP contribution >= 0.6 is 0 Å². The van der Waals surface area contributed by atoms with Crippen LogP contribution in [0.15, 0.2) is 0 Å². The minimum absolute atomic E-state index is 0.164. The molecule has 184 valence electrons. The van der Waals surface area contributed by atoms with Crippen molar-refractivity contribution < 1.29 is 36.7 Å². The lowest BCUT2D eigenvalue weighted by Gasteiger charge is -2.20. The van der Waals surface area contributed by atoms with E-state index in [1.54, 1.807) is 0 Å². The van der Waals surface area contributed by atoms with Crippen molar-refractivity contribution in [2.45, 2.75) is 100 Å². The highest BCUT2D eigenvalue weighted by molar-refractivity contribution is 8.00. The predicted molar refractivity (Wildman–Crippen MR) is 119 cm³/mol. The van der Waals surface area contributed by atoms with E-state index in [4.69, 9.17) is 3.63 Å². The lowest BCUT2D eigenvalue weighted by Crippen LogP contribution is -2.29. The summed E-state index contributed by atoms with van der Waals surface area (Å²) in [7, 11) is -12.2. The Hall–Kier alpha value is -0.0800. The predicted octanol–water partition coefficient (Wildman–Crippen LogP) is 2.90. The van der Waals surface area contributed by atoms with Gasteiger partial charge in [-0.25, -0.2) is 4.21 Å². The second-order valence-corrected chi connectivity index (χ2v) is 15.3. The number of hydrogen-bond donors (Lipinski definition) is 0. The van der Waals surface area contributed by atoms with Crippen molar-refractivity contribution in [2.24, 2.45) is 0 Å². The molecular weight excluding hydrogens is 488 g/mol. The second-order valence-electron chi connectivity index (χ2n) is 8.35. The minimum atomic E-state index is -4.20. The van der Waals surface area contributed by atoms with E-state index in [1.165, 1.54) is 0 Å². The maximum Gasteiger partial charge on any atom is 0.284 e. The SMILES string of the molecule is O=S(OS(=O)(=O)CCCCCCS(=O)(=O)OS(=O)(=O)C1CCCCC1)C1CCCCC1. The molecule has 0 aliphatic heterocycles. The van der Waals surface area contributed by atoms with Crippen molar-refractivity contribution in [1.29, 1.82) is 0 Å². The normalized spacial score (nSPS) is 21.2. The molecule has 9 nitrogen and oxygen atoms in total. The van der Waals surface area contributed by atoms with Crippen molar-refractivity contribution >= 4 is 41.4 Å². The minimum Gasteiger partial charge on any atom is -0.228 e. The zero-order valence-corrected chi connectivity index (χ0v) is 21.0. The van der Waals surface area contributed by atoms with Gasteiger partial charge in [0.15, 0.2) is 11.1 Å². The molecule has 0 saturated heterocycles. The standard InChI is InChI=1S/C18H34O9S4/c19-28(17-11-5-3-6-12-17)26-29(20,21)15-9-1-2-10-16-30(22,23)27-31(24,25)18-13-7-4-8-14-18/h17-18H,1-16H2. The van der Waals surface area contributed by atoms with Gasteiger partial charge in [0.1, 0.15) is 0 Å². The molecule has 2 rings (SSSR count). The summed E-state index contributed by atoms with van der Waals surface area (Å²) < 4.78 is 93.7. The third kappa shape index (κ3) is 10.2. The summed E-state index contributed by atoms with van der Waals surface area (Å²) in [4.78, 5) is 0. The molecule has 31 heavy (non-hydrogen) atoms. The average Bonchev–Trinajstić information content (AvgIpc) is 2.71. The summed E-state index contributed by atoms with van der Waals surface area (Å²) in [5, 5.41) is -1.00. The van der Waals surface area contributed by atoms with Gasteiger partial charge in [-0.3, -0.25) is 0 Å². The Labute approximate surface area is 189 Å². The molecule has 2 aliphatic rings. The summed E-state index contributed by atoms with van der Waals surface area (Å²) in [5.41, 5.74) is 0. The first-order chi connectivity index (χ1) is 14.5. The van der Waals surface area contributed by atoms with Gasteiger partial charge in [-0.05, 0) is 38.5 Å². The summed E-state index contributed by atoms with van der Waals surface area (Å²) in [6.45, 7) is 0. The molecule has 0 aromatic carbocycles. The number of unbranched alkanes of at least 4 members (excludes halogenated alkanes) is 3.